The van der Waals surface area contributed by atoms with Gasteiger partial charge in [-0.2, -0.15) is 0 Å². The van der Waals surface area contributed by atoms with Gasteiger partial charge in [0.1, 0.15) is 0 Å². The van der Waals surface area contributed by atoms with Gasteiger partial charge >= 0.3 is 0 Å². The molecule has 0 aromatic heterocycles. The van der Waals surface area contributed by atoms with Gasteiger partial charge in [-0.05, 0) is 36.5 Å². The quantitative estimate of drug-likeness (QED) is 0.929. The van der Waals surface area contributed by atoms with E-state index in [4.69, 9.17) is 10.5 Å². The zero-order valence-corrected chi connectivity index (χ0v) is 12.4. The largest absolute Gasteiger partial charge is 0.381 e. The lowest BCUT2D eigenvalue weighted by molar-refractivity contribution is 0.0685. The normalized spacial score (nSPS) is 16.8. The Hall–Kier alpha value is -0.580. The SMILES string of the molecule is CN(CC1CCOCC1)c1ccc(CN)c(Br)c1. The molecule has 0 aliphatic carbocycles. The Morgan fingerprint density at radius 2 is 2.11 bits per heavy atom. The van der Waals surface area contributed by atoms with Crippen molar-refractivity contribution in [2.75, 3.05) is 31.7 Å². The number of benzene rings is 1. The first-order chi connectivity index (χ1) is 8.70. The van der Waals surface area contributed by atoms with E-state index in [1.807, 2.05) is 0 Å². The monoisotopic (exact) mass is 312 g/mol. The van der Waals surface area contributed by atoms with Gasteiger partial charge in [0.15, 0.2) is 0 Å². The Balaban J connectivity index is 1.99. The molecular formula is C14H21BrN2O. The minimum Gasteiger partial charge on any atom is -0.381 e. The van der Waals surface area contributed by atoms with E-state index < -0.39 is 0 Å². The molecule has 3 nitrogen and oxygen atoms in total. The first-order valence-corrected chi connectivity index (χ1v) is 7.27. The highest BCUT2D eigenvalue weighted by molar-refractivity contribution is 9.10. The zero-order chi connectivity index (χ0) is 13.0. The molecule has 2 rings (SSSR count). The van der Waals surface area contributed by atoms with E-state index in [2.05, 4.69) is 46.1 Å². The number of halogens is 1. The van der Waals surface area contributed by atoms with Gasteiger partial charge in [0.05, 0.1) is 0 Å². The number of nitrogens with two attached hydrogens (primary N) is 1. The van der Waals surface area contributed by atoms with Gasteiger partial charge in [-0.15, -0.1) is 0 Å². The third-order valence-electron chi connectivity index (χ3n) is 3.57. The summed E-state index contributed by atoms with van der Waals surface area (Å²) in [5.74, 6) is 0.747. The molecule has 0 saturated carbocycles. The molecule has 0 atom stereocenters. The van der Waals surface area contributed by atoms with Gasteiger partial charge in [-0.25, -0.2) is 0 Å². The second-order valence-electron chi connectivity index (χ2n) is 4.92. The van der Waals surface area contributed by atoms with Crippen LogP contribution in [0.2, 0.25) is 0 Å². The van der Waals surface area contributed by atoms with Crippen LogP contribution in [0.15, 0.2) is 22.7 Å². The molecule has 0 bridgehead atoms. The standard InChI is InChI=1S/C14H21BrN2O/c1-17(10-11-4-6-18-7-5-11)13-3-2-12(9-16)14(15)8-13/h2-3,8,11H,4-7,9-10,16H2,1H3. The summed E-state index contributed by atoms with van der Waals surface area (Å²) in [5, 5.41) is 0. The van der Waals surface area contributed by atoms with Crippen LogP contribution in [0, 0.1) is 5.92 Å². The minimum atomic E-state index is 0.574. The highest BCUT2D eigenvalue weighted by Gasteiger charge is 2.16. The average molecular weight is 313 g/mol. The molecule has 1 heterocycles. The van der Waals surface area contributed by atoms with Crippen LogP contribution >= 0.6 is 15.9 Å². The van der Waals surface area contributed by atoms with Gasteiger partial charge in [0.2, 0.25) is 0 Å². The lowest BCUT2D eigenvalue weighted by atomic mass is 9.99. The fourth-order valence-corrected chi connectivity index (χ4v) is 2.89. The molecule has 1 saturated heterocycles. The summed E-state index contributed by atoms with van der Waals surface area (Å²) in [4.78, 5) is 2.32. The van der Waals surface area contributed by atoms with Crippen LogP contribution in [0.4, 0.5) is 5.69 Å². The summed E-state index contributed by atoms with van der Waals surface area (Å²) in [6.45, 7) is 3.49. The lowest BCUT2D eigenvalue weighted by Gasteiger charge is -2.28. The predicted octanol–water partition coefficient (Wildman–Crippen LogP) is 2.77. The van der Waals surface area contributed by atoms with Gasteiger partial charge in [-0.3, -0.25) is 0 Å². The van der Waals surface area contributed by atoms with Crippen LogP contribution in [0.5, 0.6) is 0 Å². The van der Waals surface area contributed by atoms with Crippen molar-refractivity contribution in [1.82, 2.24) is 0 Å². The Kier molecular flexibility index (Phi) is 5.03. The smallest absolute Gasteiger partial charge is 0.0469 e. The molecule has 1 aliphatic heterocycles. The summed E-state index contributed by atoms with van der Waals surface area (Å²) in [5.41, 5.74) is 8.06. The topological polar surface area (TPSA) is 38.5 Å². The fraction of sp³-hybridized carbons (Fsp3) is 0.571. The Labute approximate surface area is 117 Å². The molecule has 0 radical (unpaired) electrons. The lowest BCUT2D eigenvalue weighted by Crippen LogP contribution is -2.29. The second-order valence-corrected chi connectivity index (χ2v) is 5.77. The third kappa shape index (κ3) is 3.46. The van der Waals surface area contributed by atoms with Crippen LogP contribution in [0.3, 0.4) is 0 Å². The number of hydrogen-bond donors (Lipinski definition) is 1. The van der Waals surface area contributed by atoms with Gasteiger partial charge in [0.25, 0.3) is 0 Å². The van der Waals surface area contributed by atoms with Gasteiger partial charge in [0, 0.05) is 43.5 Å². The maximum Gasteiger partial charge on any atom is 0.0469 e. The first-order valence-electron chi connectivity index (χ1n) is 6.48. The van der Waals surface area contributed by atoms with Crippen molar-refractivity contribution in [3.8, 4) is 0 Å². The van der Waals surface area contributed by atoms with Gasteiger partial charge < -0.3 is 15.4 Å². The van der Waals surface area contributed by atoms with Crippen molar-refractivity contribution in [2.45, 2.75) is 19.4 Å². The van der Waals surface area contributed by atoms with E-state index in [0.717, 1.165) is 35.7 Å². The van der Waals surface area contributed by atoms with Crippen molar-refractivity contribution in [3.05, 3.63) is 28.2 Å². The van der Waals surface area contributed by atoms with Crippen molar-refractivity contribution in [1.29, 1.82) is 0 Å². The van der Waals surface area contributed by atoms with E-state index in [1.165, 1.54) is 18.5 Å². The van der Waals surface area contributed by atoms with Crippen molar-refractivity contribution >= 4 is 21.6 Å². The Morgan fingerprint density at radius 3 is 2.72 bits per heavy atom. The molecule has 100 valence electrons. The van der Waals surface area contributed by atoms with Gasteiger partial charge in [-0.1, -0.05) is 22.0 Å². The molecule has 1 aromatic rings. The minimum absolute atomic E-state index is 0.574. The molecule has 1 aromatic carbocycles. The molecule has 0 spiro atoms. The van der Waals surface area contributed by atoms with Crippen molar-refractivity contribution in [3.63, 3.8) is 0 Å². The first kappa shape index (κ1) is 13.8. The number of nitrogens with zero attached hydrogens (tertiary/aromatic N) is 1. The zero-order valence-electron chi connectivity index (χ0n) is 10.9. The number of anilines is 1. The molecule has 1 fully saturated rings. The summed E-state index contributed by atoms with van der Waals surface area (Å²) in [7, 11) is 2.15. The molecule has 1 aliphatic rings. The molecule has 18 heavy (non-hydrogen) atoms. The Bertz CT molecular complexity index is 391. The number of hydrogen-bond acceptors (Lipinski definition) is 3. The number of ether oxygens (including phenoxy) is 1. The summed E-state index contributed by atoms with van der Waals surface area (Å²) in [6, 6.07) is 6.40. The van der Waals surface area contributed by atoms with E-state index >= 15 is 0 Å². The maximum atomic E-state index is 5.67. The van der Waals surface area contributed by atoms with Crippen LogP contribution in [0.1, 0.15) is 18.4 Å². The highest BCUT2D eigenvalue weighted by Crippen LogP contribution is 2.25. The number of rotatable bonds is 4. The van der Waals surface area contributed by atoms with Crippen LogP contribution in [0.25, 0.3) is 0 Å². The molecule has 4 heteroatoms. The van der Waals surface area contributed by atoms with Crippen LogP contribution in [-0.4, -0.2) is 26.8 Å². The van der Waals surface area contributed by atoms with E-state index in [-0.39, 0.29) is 0 Å². The van der Waals surface area contributed by atoms with Crippen molar-refractivity contribution < 1.29 is 4.74 Å². The van der Waals surface area contributed by atoms with Crippen LogP contribution in [-0.2, 0) is 11.3 Å². The summed E-state index contributed by atoms with van der Waals surface area (Å²) in [6.07, 6.45) is 2.35. The molecule has 0 amide bonds. The van der Waals surface area contributed by atoms with Crippen molar-refractivity contribution in [2.24, 2.45) is 11.7 Å². The van der Waals surface area contributed by atoms with E-state index in [0.29, 0.717) is 6.54 Å². The third-order valence-corrected chi connectivity index (χ3v) is 4.31. The Morgan fingerprint density at radius 1 is 1.39 bits per heavy atom. The maximum absolute atomic E-state index is 5.67. The fourth-order valence-electron chi connectivity index (χ4n) is 2.36. The average Bonchev–Trinajstić information content (AvgIpc) is 2.39. The second kappa shape index (κ2) is 6.55. The highest BCUT2D eigenvalue weighted by atomic mass is 79.9. The molecular weight excluding hydrogens is 292 g/mol. The summed E-state index contributed by atoms with van der Waals surface area (Å²) >= 11 is 3.57. The predicted molar refractivity (Wildman–Crippen MR) is 78.8 cm³/mol. The molecule has 2 N–H and O–H groups in total. The molecule has 0 unspecified atom stereocenters. The van der Waals surface area contributed by atoms with Crippen LogP contribution < -0.4 is 10.6 Å². The van der Waals surface area contributed by atoms with E-state index in [1.54, 1.807) is 0 Å². The summed E-state index contributed by atoms with van der Waals surface area (Å²) < 4.78 is 6.49. The van der Waals surface area contributed by atoms with E-state index in [9.17, 15) is 0 Å².